The molecule has 0 bridgehead atoms. The lowest BCUT2D eigenvalue weighted by Gasteiger charge is -2.24. The van der Waals surface area contributed by atoms with E-state index in [1.165, 1.54) is 18.5 Å². The van der Waals surface area contributed by atoms with Crippen molar-refractivity contribution in [2.45, 2.75) is 26.2 Å². The SMILES string of the molecule is Cc1c(O)c2c([nH]c1=O)-c1ccc(N3CCCC3)cc1N(C)CC2. The number of nitrogens with one attached hydrogen (secondary N) is 1. The first kappa shape index (κ1) is 15.1. The number of aromatic amines is 1. The summed E-state index contributed by atoms with van der Waals surface area (Å²) in [5.74, 6) is 0.138. The molecule has 1 fully saturated rings. The van der Waals surface area contributed by atoms with Crippen molar-refractivity contribution in [3.05, 3.63) is 39.7 Å². The van der Waals surface area contributed by atoms with Crippen LogP contribution in [0, 0.1) is 6.92 Å². The van der Waals surface area contributed by atoms with E-state index in [4.69, 9.17) is 0 Å². The monoisotopic (exact) mass is 325 g/mol. The predicted octanol–water partition coefficient (Wildman–Crippen LogP) is 2.65. The number of hydrogen-bond donors (Lipinski definition) is 2. The Bertz CT molecular complexity index is 850. The van der Waals surface area contributed by atoms with Crippen LogP contribution in [0.1, 0.15) is 24.0 Å². The summed E-state index contributed by atoms with van der Waals surface area (Å²) >= 11 is 0. The van der Waals surface area contributed by atoms with Crippen molar-refractivity contribution >= 4 is 11.4 Å². The summed E-state index contributed by atoms with van der Waals surface area (Å²) in [6.45, 7) is 4.69. The van der Waals surface area contributed by atoms with Gasteiger partial charge >= 0.3 is 0 Å². The molecule has 126 valence electrons. The highest BCUT2D eigenvalue weighted by Gasteiger charge is 2.24. The Morgan fingerprint density at radius 1 is 1.17 bits per heavy atom. The zero-order valence-electron chi connectivity index (χ0n) is 14.2. The van der Waals surface area contributed by atoms with Gasteiger partial charge in [-0.1, -0.05) is 0 Å². The zero-order chi connectivity index (χ0) is 16.8. The van der Waals surface area contributed by atoms with Gasteiger partial charge in [-0.05, 0) is 44.4 Å². The molecule has 2 aromatic rings. The molecule has 0 aliphatic carbocycles. The van der Waals surface area contributed by atoms with Gasteiger partial charge in [0, 0.05) is 49.2 Å². The van der Waals surface area contributed by atoms with Gasteiger partial charge < -0.3 is 19.9 Å². The number of fused-ring (bicyclic) bond motifs is 3. The molecule has 4 rings (SSSR count). The van der Waals surface area contributed by atoms with E-state index in [-0.39, 0.29) is 11.3 Å². The van der Waals surface area contributed by atoms with Gasteiger partial charge in [0.25, 0.3) is 5.56 Å². The Hall–Kier alpha value is -2.43. The number of likely N-dealkylation sites (N-methyl/N-ethyl adjacent to an activating group) is 1. The largest absolute Gasteiger partial charge is 0.507 e. The van der Waals surface area contributed by atoms with Crippen LogP contribution in [-0.2, 0) is 6.42 Å². The van der Waals surface area contributed by atoms with Crippen molar-refractivity contribution < 1.29 is 5.11 Å². The third kappa shape index (κ3) is 2.27. The van der Waals surface area contributed by atoms with Crippen molar-refractivity contribution in [2.75, 3.05) is 36.5 Å². The molecule has 2 aliphatic rings. The van der Waals surface area contributed by atoms with Crippen molar-refractivity contribution in [3.63, 3.8) is 0 Å². The van der Waals surface area contributed by atoms with Crippen molar-refractivity contribution in [3.8, 4) is 17.0 Å². The zero-order valence-corrected chi connectivity index (χ0v) is 14.2. The van der Waals surface area contributed by atoms with E-state index >= 15 is 0 Å². The molecular formula is C19H23N3O2. The van der Waals surface area contributed by atoms with Crippen LogP contribution in [0.2, 0.25) is 0 Å². The number of aromatic hydroxyl groups is 1. The Kier molecular flexibility index (Phi) is 3.52. The minimum atomic E-state index is -0.217. The number of H-pyrrole nitrogens is 1. The molecule has 5 nitrogen and oxygen atoms in total. The molecule has 1 aromatic heterocycles. The summed E-state index contributed by atoms with van der Waals surface area (Å²) < 4.78 is 0. The van der Waals surface area contributed by atoms with Crippen molar-refractivity contribution in [1.82, 2.24) is 4.98 Å². The lowest BCUT2D eigenvalue weighted by molar-refractivity contribution is 0.462. The molecule has 0 atom stereocenters. The Morgan fingerprint density at radius 2 is 1.92 bits per heavy atom. The number of rotatable bonds is 1. The van der Waals surface area contributed by atoms with Crippen LogP contribution in [0.15, 0.2) is 23.0 Å². The highest BCUT2D eigenvalue weighted by atomic mass is 16.3. The first-order valence-electron chi connectivity index (χ1n) is 8.61. The van der Waals surface area contributed by atoms with E-state index in [1.807, 2.05) is 0 Å². The van der Waals surface area contributed by atoms with E-state index in [1.54, 1.807) is 6.92 Å². The molecule has 0 saturated carbocycles. The number of pyridine rings is 1. The maximum Gasteiger partial charge on any atom is 0.255 e. The van der Waals surface area contributed by atoms with Crippen LogP contribution in [0.3, 0.4) is 0 Å². The maximum atomic E-state index is 12.2. The Balaban J connectivity index is 1.90. The molecule has 2 N–H and O–H groups in total. The van der Waals surface area contributed by atoms with Gasteiger partial charge in [-0.3, -0.25) is 4.79 Å². The van der Waals surface area contributed by atoms with E-state index in [2.05, 4.69) is 40.0 Å². The second-order valence-corrected chi connectivity index (χ2v) is 6.85. The van der Waals surface area contributed by atoms with Gasteiger partial charge in [0.2, 0.25) is 0 Å². The van der Waals surface area contributed by atoms with Gasteiger partial charge in [-0.25, -0.2) is 0 Å². The molecule has 3 heterocycles. The molecule has 0 spiro atoms. The van der Waals surface area contributed by atoms with Crippen LogP contribution in [-0.4, -0.2) is 36.8 Å². The molecule has 24 heavy (non-hydrogen) atoms. The number of anilines is 2. The maximum absolute atomic E-state index is 12.2. The lowest BCUT2D eigenvalue weighted by Crippen LogP contribution is -2.21. The highest BCUT2D eigenvalue weighted by Crippen LogP contribution is 2.40. The number of benzene rings is 1. The minimum Gasteiger partial charge on any atom is -0.507 e. The van der Waals surface area contributed by atoms with Gasteiger partial charge in [0.1, 0.15) is 5.75 Å². The second-order valence-electron chi connectivity index (χ2n) is 6.85. The molecule has 5 heteroatoms. The van der Waals surface area contributed by atoms with Crippen LogP contribution in [0.4, 0.5) is 11.4 Å². The fraction of sp³-hybridized carbons (Fsp3) is 0.421. The first-order valence-corrected chi connectivity index (χ1v) is 8.61. The third-order valence-electron chi connectivity index (χ3n) is 5.35. The van der Waals surface area contributed by atoms with E-state index < -0.39 is 0 Å². The first-order chi connectivity index (χ1) is 11.6. The fourth-order valence-electron chi connectivity index (χ4n) is 3.83. The average Bonchev–Trinajstić information content (AvgIpc) is 3.08. The molecule has 0 amide bonds. The van der Waals surface area contributed by atoms with Crippen molar-refractivity contribution in [1.29, 1.82) is 0 Å². The predicted molar refractivity (Wildman–Crippen MR) is 97.3 cm³/mol. The minimum absolute atomic E-state index is 0.138. The number of hydrogen-bond acceptors (Lipinski definition) is 4. The molecule has 1 saturated heterocycles. The summed E-state index contributed by atoms with van der Waals surface area (Å²) in [5, 5.41) is 10.4. The molecular weight excluding hydrogens is 302 g/mol. The standard InChI is InChI=1S/C19H23N3O2/c1-12-18(23)15-7-10-21(2)16-11-13(22-8-3-4-9-22)5-6-14(16)17(15)20-19(12)24/h5-6,11H,3-4,7-10H2,1-2H3,(H2,20,23,24). The summed E-state index contributed by atoms with van der Waals surface area (Å²) in [5.41, 5.74) is 5.11. The van der Waals surface area contributed by atoms with E-state index in [0.29, 0.717) is 12.0 Å². The summed E-state index contributed by atoms with van der Waals surface area (Å²) in [4.78, 5) is 19.8. The molecule has 1 aromatic carbocycles. The Morgan fingerprint density at radius 3 is 2.67 bits per heavy atom. The fourth-order valence-corrected chi connectivity index (χ4v) is 3.83. The summed E-state index contributed by atoms with van der Waals surface area (Å²) in [6.07, 6.45) is 3.20. The van der Waals surface area contributed by atoms with E-state index in [0.717, 1.165) is 42.1 Å². The van der Waals surface area contributed by atoms with Gasteiger partial charge in [-0.15, -0.1) is 0 Å². The quantitative estimate of drug-likeness (QED) is 0.846. The van der Waals surface area contributed by atoms with Gasteiger partial charge in [0.05, 0.1) is 11.3 Å². The smallest absolute Gasteiger partial charge is 0.255 e. The van der Waals surface area contributed by atoms with E-state index in [9.17, 15) is 9.90 Å². The van der Waals surface area contributed by atoms with Crippen LogP contribution in [0.5, 0.6) is 5.75 Å². The Labute approximate surface area is 141 Å². The average molecular weight is 325 g/mol. The van der Waals surface area contributed by atoms with Crippen molar-refractivity contribution in [2.24, 2.45) is 0 Å². The lowest BCUT2D eigenvalue weighted by atomic mass is 10.0. The highest BCUT2D eigenvalue weighted by molar-refractivity contribution is 5.83. The summed E-state index contributed by atoms with van der Waals surface area (Å²) in [7, 11) is 2.07. The molecule has 0 unspecified atom stereocenters. The van der Waals surface area contributed by atoms with Crippen LogP contribution >= 0.6 is 0 Å². The van der Waals surface area contributed by atoms with Crippen LogP contribution < -0.4 is 15.4 Å². The second kappa shape index (κ2) is 5.58. The van der Waals surface area contributed by atoms with Gasteiger partial charge in [-0.2, -0.15) is 0 Å². The molecule has 0 radical (unpaired) electrons. The molecule has 2 aliphatic heterocycles. The van der Waals surface area contributed by atoms with Crippen LogP contribution in [0.25, 0.3) is 11.3 Å². The summed E-state index contributed by atoms with van der Waals surface area (Å²) in [6, 6.07) is 6.42. The topological polar surface area (TPSA) is 59.6 Å². The van der Waals surface area contributed by atoms with Gasteiger partial charge in [0.15, 0.2) is 0 Å². The third-order valence-corrected chi connectivity index (χ3v) is 5.35. The number of nitrogens with zero attached hydrogens (tertiary/aromatic N) is 2. The normalized spacial score (nSPS) is 16.8. The number of aromatic nitrogens is 1.